The van der Waals surface area contributed by atoms with Crippen LogP contribution in [0, 0.1) is 5.82 Å². The first-order chi connectivity index (χ1) is 10.2. The van der Waals surface area contributed by atoms with Crippen LogP contribution in [-0.4, -0.2) is 31.2 Å². The smallest absolute Gasteiger partial charge is 0.191 e. The number of aliphatic imine (C=N–C) groups is 1. The van der Waals surface area contributed by atoms with E-state index in [4.69, 9.17) is 4.74 Å². The average molecular weight is 293 g/mol. The monoisotopic (exact) mass is 293 g/mol. The van der Waals surface area contributed by atoms with Gasteiger partial charge in [-0.3, -0.25) is 0 Å². The van der Waals surface area contributed by atoms with Gasteiger partial charge in [-0.2, -0.15) is 0 Å². The maximum atomic E-state index is 13.6. The minimum atomic E-state index is -0.331. The molecule has 0 heterocycles. The van der Waals surface area contributed by atoms with Crippen molar-refractivity contribution in [2.75, 3.05) is 13.1 Å². The number of hydrogen-bond donors (Lipinski definition) is 2. The van der Waals surface area contributed by atoms with E-state index in [0.717, 1.165) is 18.9 Å². The fourth-order valence-electron chi connectivity index (χ4n) is 1.90. The van der Waals surface area contributed by atoms with Gasteiger partial charge in [0.1, 0.15) is 6.10 Å². The van der Waals surface area contributed by atoms with E-state index in [0.29, 0.717) is 18.3 Å². The summed E-state index contributed by atoms with van der Waals surface area (Å²) in [5.74, 6) is 0.776. The third-order valence-corrected chi connectivity index (χ3v) is 3.30. The van der Waals surface area contributed by atoms with E-state index in [1.807, 2.05) is 13.8 Å². The highest BCUT2D eigenvalue weighted by molar-refractivity contribution is 5.80. The topological polar surface area (TPSA) is 45.7 Å². The van der Waals surface area contributed by atoms with Gasteiger partial charge in [-0.1, -0.05) is 19.1 Å². The van der Waals surface area contributed by atoms with Gasteiger partial charge in [0.15, 0.2) is 17.5 Å². The lowest BCUT2D eigenvalue weighted by molar-refractivity contribution is 0.196. The summed E-state index contributed by atoms with van der Waals surface area (Å²) in [5, 5.41) is 6.57. The van der Waals surface area contributed by atoms with Crippen molar-refractivity contribution in [2.24, 2.45) is 4.99 Å². The van der Waals surface area contributed by atoms with E-state index in [9.17, 15) is 4.39 Å². The number of guanidine groups is 1. The molecule has 0 aliphatic heterocycles. The Kier molecular flexibility index (Phi) is 5.84. The molecule has 1 aliphatic rings. The van der Waals surface area contributed by atoms with Gasteiger partial charge < -0.3 is 15.4 Å². The van der Waals surface area contributed by atoms with Crippen molar-refractivity contribution in [1.82, 2.24) is 10.6 Å². The fraction of sp³-hybridized carbons (Fsp3) is 0.562. The van der Waals surface area contributed by atoms with Gasteiger partial charge in [0.05, 0.1) is 6.54 Å². The first-order valence-corrected chi connectivity index (χ1v) is 7.69. The molecule has 2 N–H and O–H groups in total. The van der Waals surface area contributed by atoms with Gasteiger partial charge in [-0.15, -0.1) is 0 Å². The van der Waals surface area contributed by atoms with E-state index in [1.165, 1.54) is 18.9 Å². The summed E-state index contributed by atoms with van der Waals surface area (Å²) >= 11 is 0. The molecule has 0 aromatic heterocycles. The molecular weight excluding hydrogens is 269 g/mol. The molecule has 1 unspecified atom stereocenters. The highest BCUT2D eigenvalue weighted by Gasteiger charge is 2.22. The molecule has 1 saturated carbocycles. The minimum Gasteiger partial charge on any atom is -0.485 e. The second-order valence-electron chi connectivity index (χ2n) is 5.22. The number of rotatable bonds is 7. The van der Waals surface area contributed by atoms with Gasteiger partial charge in [-0.05, 0) is 38.3 Å². The van der Waals surface area contributed by atoms with Crippen LogP contribution >= 0.6 is 0 Å². The normalized spacial score (nSPS) is 16.4. The van der Waals surface area contributed by atoms with Crippen LogP contribution in [0.1, 0.15) is 33.1 Å². The van der Waals surface area contributed by atoms with Crippen LogP contribution < -0.4 is 15.4 Å². The molecule has 0 amide bonds. The quantitative estimate of drug-likeness (QED) is 0.600. The number of benzene rings is 1. The summed E-state index contributed by atoms with van der Waals surface area (Å²) in [6.07, 6.45) is 3.05. The maximum Gasteiger partial charge on any atom is 0.191 e. The third kappa shape index (κ3) is 5.25. The Balaban J connectivity index is 1.92. The van der Waals surface area contributed by atoms with Crippen molar-refractivity contribution in [2.45, 2.75) is 45.3 Å². The molecule has 0 spiro atoms. The number of halogens is 1. The molecule has 5 heteroatoms. The minimum absolute atomic E-state index is 0.128. The van der Waals surface area contributed by atoms with Crippen molar-refractivity contribution in [3.05, 3.63) is 30.1 Å². The number of nitrogens with zero attached hydrogens (tertiary/aromatic N) is 1. The van der Waals surface area contributed by atoms with Crippen molar-refractivity contribution < 1.29 is 9.13 Å². The Morgan fingerprint density at radius 3 is 2.76 bits per heavy atom. The molecule has 21 heavy (non-hydrogen) atoms. The SMILES string of the molecule is CCNC(=NCC(CC)Oc1ccccc1F)NC1CC1. The van der Waals surface area contributed by atoms with Crippen LogP contribution in [0.5, 0.6) is 5.75 Å². The molecule has 1 aromatic carbocycles. The summed E-state index contributed by atoms with van der Waals surface area (Å²) in [5.41, 5.74) is 0. The van der Waals surface area contributed by atoms with Crippen molar-refractivity contribution >= 4 is 5.96 Å². The van der Waals surface area contributed by atoms with E-state index in [1.54, 1.807) is 18.2 Å². The predicted octanol–water partition coefficient (Wildman–Crippen LogP) is 2.70. The third-order valence-electron chi connectivity index (χ3n) is 3.30. The molecule has 0 bridgehead atoms. The van der Waals surface area contributed by atoms with E-state index >= 15 is 0 Å². The molecule has 1 atom stereocenters. The Morgan fingerprint density at radius 1 is 1.38 bits per heavy atom. The van der Waals surface area contributed by atoms with Crippen LogP contribution in [0.2, 0.25) is 0 Å². The highest BCUT2D eigenvalue weighted by atomic mass is 19.1. The highest BCUT2D eigenvalue weighted by Crippen LogP contribution is 2.19. The molecule has 0 saturated heterocycles. The maximum absolute atomic E-state index is 13.6. The van der Waals surface area contributed by atoms with E-state index in [2.05, 4.69) is 15.6 Å². The van der Waals surface area contributed by atoms with Gasteiger partial charge in [0, 0.05) is 12.6 Å². The lowest BCUT2D eigenvalue weighted by Crippen LogP contribution is -2.39. The van der Waals surface area contributed by atoms with Crippen molar-refractivity contribution in [3.63, 3.8) is 0 Å². The van der Waals surface area contributed by atoms with Crippen LogP contribution in [0.4, 0.5) is 4.39 Å². The van der Waals surface area contributed by atoms with Crippen molar-refractivity contribution in [3.8, 4) is 5.75 Å². The van der Waals surface area contributed by atoms with Crippen LogP contribution in [0.15, 0.2) is 29.3 Å². The average Bonchev–Trinajstić information content (AvgIpc) is 3.29. The molecule has 0 radical (unpaired) electrons. The zero-order valence-electron chi connectivity index (χ0n) is 12.7. The standard InChI is InChI=1S/C16H24FN3O/c1-3-13(21-15-8-6-5-7-14(15)17)11-19-16(18-4-2)20-12-9-10-12/h5-8,12-13H,3-4,9-11H2,1-2H3,(H2,18,19,20). The zero-order chi connectivity index (χ0) is 15.1. The number of para-hydroxylation sites is 1. The molecule has 2 rings (SSSR count). The predicted molar refractivity (Wildman–Crippen MR) is 83.2 cm³/mol. The van der Waals surface area contributed by atoms with Crippen molar-refractivity contribution in [1.29, 1.82) is 0 Å². The van der Waals surface area contributed by atoms with Gasteiger partial charge in [-0.25, -0.2) is 9.38 Å². The Morgan fingerprint density at radius 2 is 2.14 bits per heavy atom. The van der Waals surface area contributed by atoms with E-state index < -0.39 is 0 Å². The second kappa shape index (κ2) is 7.86. The van der Waals surface area contributed by atoms with Crippen LogP contribution in [0.3, 0.4) is 0 Å². The summed E-state index contributed by atoms with van der Waals surface area (Å²) in [7, 11) is 0. The first kappa shape index (κ1) is 15.6. The largest absolute Gasteiger partial charge is 0.485 e. The fourth-order valence-corrected chi connectivity index (χ4v) is 1.90. The van der Waals surface area contributed by atoms with Crippen LogP contribution in [0.25, 0.3) is 0 Å². The summed E-state index contributed by atoms with van der Waals surface area (Å²) in [6.45, 7) is 5.38. The summed E-state index contributed by atoms with van der Waals surface area (Å²) in [4.78, 5) is 4.54. The van der Waals surface area contributed by atoms with Gasteiger partial charge in [0.2, 0.25) is 0 Å². The van der Waals surface area contributed by atoms with Crippen LogP contribution in [-0.2, 0) is 0 Å². The zero-order valence-corrected chi connectivity index (χ0v) is 12.7. The number of hydrogen-bond acceptors (Lipinski definition) is 2. The number of nitrogens with one attached hydrogen (secondary N) is 2. The Bertz CT molecular complexity index is 474. The summed E-state index contributed by atoms with van der Waals surface area (Å²) in [6, 6.07) is 7.03. The molecule has 116 valence electrons. The molecular formula is C16H24FN3O. The second-order valence-corrected chi connectivity index (χ2v) is 5.22. The Hall–Kier alpha value is -1.78. The molecule has 4 nitrogen and oxygen atoms in total. The lowest BCUT2D eigenvalue weighted by atomic mass is 10.2. The lowest BCUT2D eigenvalue weighted by Gasteiger charge is -2.17. The Labute approximate surface area is 125 Å². The number of ether oxygens (including phenoxy) is 1. The van der Waals surface area contributed by atoms with Gasteiger partial charge >= 0.3 is 0 Å². The van der Waals surface area contributed by atoms with E-state index in [-0.39, 0.29) is 11.9 Å². The molecule has 1 fully saturated rings. The summed E-state index contributed by atoms with van der Waals surface area (Å²) < 4.78 is 19.3. The van der Waals surface area contributed by atoms with Gasteiger partial charge in [0.25, 0.3) is 0 Å². The first-order valence-electron chi connectivity index (χ1n) is 7.69. The molecule has 1 aliphatic carbocycles. The molecule has 1 aromatic rings.